The first-order chi connectivity index (χ1) is 14.7. The Morgan fingerprint density at radius 1 is 0.900 bits per heavy atom. The Hall–Kier alpha value is -3.66. The molecule has 4 nitrogen and oxygen atoms in total. The van der Waals surface area contributed by atoms with Crippen molar-refractivity contribution in [3.63, 3.8) is 0 Å². The van der Waals surface area contributed by atoms with Gasteiger partial charge in [0.05, 0.1) is 17.8 Å². The molecule has 0 N–H and O–H groups in total. The Labute approximate surface area is 176 Å². The van der Waals surface area contributed by atoms with E-state index in [9.17, 15) is 4.79 Å². The Bertz CT molecular complexity index is 1090. The molecule has 0 fully saturated rings. The second-order valence-electron chi connectivity index (χ2n) is 7.33. The van der Waals surface area contributed by atoms with Crippen LogP contribution in [0.2, 0.25) is 0 Å². The van der Waals surface area contributed by atoms with Crippen molar-refractivity contribution in [2.75, 3.05) is 0 Å². The molecule has 4 rings (SSSR count). The standard InChI is InChI=1S/C26H24N2O2/c1-20(21-11-5-2-6-12-21)17-25(29)30-19-23-18-28(24-15-9-4-10-16-24)27-26(23)22-13-7-3-8-14-22/h2-16,18,20H,17,19H2,1H3/t20-/m1/s1. The SMILES string of the molecule is C[C@H](CC(=O)OCc1cn(-c2ccccc2)nc1-c1ccccc1)c1ccccc1. The van der Waals surface area contributed by atoms with Crippen LogP contribution in [-0.2, 0) is 16.1 Å². The molecular weight excluding hydrogens is 372 g/mol. The van der Waals surface area contributed by atoms with E-state index in [0.717, 1.165) is 28.1 Å². The number of nitrogens with zero attached hydrogens (tertiary/aromatic N) is 2. The van der Waals surface area contributed by atoms with Gasteiger partial charge in [-0.2, -0.15) is 5.10 Å². The molecule has 0 bridgehead atoms. The number of esters is 1. The van der Waals surface area contributed by atoms with Crippen LogP contribution in [0, 0.1) is 0 Å². The minimum atomic E-state index is -0.210. The van der Waals surface area contributed by atoms with Crippen LogP contribution in [-0.4, -0.2) is 15.7 Å². The largest absolute Gasteiger partial charge is 0.461 e. The van der Waals surface area contributed by atoms with Crippen LogP contribution < -0.4 is 0 Å². The van der Waals surface area contributed by atoms with Crippen LogP contribution in [0.4, 0.5) is 0 Å². The molecule has 0 saturated heterocycles. The second kappa shape index (κ2) is 9.23. The van der Waals surface area contributed by atoms with E-state index >= 15 is 0 Å². The molecule has 0 aliphatic rings. The molecule has 3 aromatic carbocycles. The molecule has 1 heterocycles. The zero-order chi connectivity index (χ0) is 20.8. The van der Waals surface area contributed by atoms with E-state index in [1.165, 1.54) is 0 Å². The summed E-state index contributed by atoms with van der Waals surface area (Å²) in [5.74, 6) is -0.0999. The third-order valence-electron chi connectivity index (χ3n) is 5.09. The predicted octanol–water partition coefficient (Wildman–Crippen LogP) is 5.78. The van der Waals surface area contributed by atoms with E-state index in [4.69, 9.17) is 9.84 Å². The molecule has 150 valence electrons. The molecule has 0 spiro atoms. The van der Waals surface area contributed by atoms with Gasteiger partial charge in [-0.25, -0.2) is 4.68 Å². The summed E-state index contributed by atoms with van der Waals surface area (Å²) in [5, 5.41) is 4.76. The fourth-order valence-electron chi connectivity index (χ4n) is 3.43. The van der Waals surface area contributed by atoms with Crippen molar-refractivity contribution in [3.8, 4) is 16.9 Å². The lowest BCUT2D eigenvalue weighted by Crippen LogP contribution is -2.09. The number of hydrogen-bond donors (Lipinski definition) is 0. The third kappa shape index (κ3) is 4.66. The van der Waals surface area contributed by atoms with Crippen molar-refractivity contribution in [3.05, 3.63) is 108 Å². The maximum atomic E-state index is 12.5. The zero-order valence-corrected chi connectivity index (χ0v) is 16.9. The minimum Gasteiger partial charge on any atom is -0.461 e. The van der Waals surface area contributed by atoms with E-state index in [1.54, 1.807) is 0 Å². The number of carbonyl (C=O) groups is 1. The van der Waals surface area contributed by atoms with E-state index in [2.05, 4.69) is 0 Å². The van der Waals surface area contributed by atoms with Crippen LogP contribution in [0.1, 0.15) is 30.4 Å². The van der Waals surface area contributed by atoms with Crippen molar-refractivity contribution >= 4 is 5.97 Å². The highest BCUT2D eigenvalue weighted by atomic mass is 16.5. The number of benzene rings is 3. The van der Waals surface area contributed by atoms with Crippen LogP contribution in [0.25, 0.3) is 16.9 Å². The lowest BCUT2D eigenvalue weighted by molar-refractivity contribution is -0.145. The van der Waals surface area contributed by atoms with Gasteiger partial charge in [-0.3, -0.25) is 4.79 Å². The van der Waals surface area contributed by atoms with Crippen molar-refractivity contribution in [2.45, 2.75) is 25.9 Å². The van der Waals surface area contributed by atoms with Crippen LogP contribution in [0.15, 0.2) is 97.2 Å². The molecule has 4 heteroatoms. The van der Waals surface area contributed by atoms with Gasteiger partial charge in [-0.1, -0.05) is 85.8 Å². The molecule has 1 atom stereocenters. The van der Waals surface area contributed by atoms with E-state index in [0.29, 0.717) is 6.42 Å². The molecule has 30 heavy (non-hydrogen) atoms. The highest BCUT2D eigenvalue weighted by Crippen LogP contribution is 2.25. The Balaban J connectivity index is 1.51. The van der Waals surface area contributed by atoms with Gasteiger partial charge in [0, 0.05) is 17.3 Å². The average Bonchev–Trinajstić information content (AvgIpc) is 3.24. The van der Waals surface area contributed by atoms with Gasteiger partial charge < -0.3 is 4.74 Å². The normalized spacial score (nSPS) is 11.8. The van der Waals surface area contributed by atoms with Crippen molar-refractivity contribution < 1.29 is 9.53 Å². The number of ether oxygens (including phenoxy) is 1. The first-order valence-electron chi connectivity index (χ1n) is 10.1. The summed E-state index contributed by atoms with van der Waals surface area (Å²) >= 11 is 0. The lowest BCUT2D eigenvalue weighted by Gasteiger charge is -2.11. The lowest BCUT2D eigenvalue weighted by atomic mass is 9.98. The number of rotatable bonds is 7. The zero-order valence-electron chi connectivity index (χ0n) is 16.9. The molecule has 1 aromatic heterocycles. The van der Waals surface area contributed by atoms with Gasteiger partial charge in [-0.15, -0.1) is 0 Å². The molecule has 0 radical (unpaired) electrons. The first-order valence-corrected chi connectivity index (χ1v) is 10.1. The Morgan fingerprint density at radius 3 is 2.17 bits per heavy atom. The summed E-state index contributed by atoms with van der Waals surface area (Å²) < 4.78 is 7.47. The topological polar surface area (TPSA) is 44.1 Å². The third-order valence-corrected chi connectivity index (χ3v) is 5.09. The fourth-order valence-corrected chi connectivity index (χ4v) is 3.43. The number of carbonyl (C=O) groups excluding carboxylic acids is 1. The highest BCUT2D eigenvalue weighted by Gasteiger charge is 2.16. The summed E-state index contributed by atoms with van der Waals surface area (Å²) in [6.45, 7) is 2.23. The second-order valence-corrected chi connectivity index (χ2v) is 7.33. The predicted molar refractivity (Wildman–Crippen MR) is 118 cm³/mol. The smallest absolute Gasteiger partial charge is 0.306 e. The molecular formula is C26H24N2O2. The molecule has 0 unspecified atom stereocenters. The maximum absolute atomic E-state index is 12.5. The number of aromatic nitrogens is 2. The van der Waals surface area contributed by atoms with E-state index in [1.807, 2.05) is 109 Å². The summed E-state index contributed by atoms with van der Waals surface area (Å²) in [6, 6.07) is 29.9. The number of hydrogen-bond acceptors (Lipinski definition) is 3. The van der Waals surface area contributed by atoms with Gasteiger partial charge in [0.25, 0.3) is 0 Å². The van der Waals surface area contributed by atoms with Crippen LogP contribution >= 0.6 is 0 Å². The first kappa shape index (κ1) is 19.6. The maximum Gasteiger partial charge on any atom is 0.306 e. The van der Waals surface area contributed by atoms with E-state index in [-0.39, 0.29) is 18.5 Å². The van der Waals surface area contributed by atoms with Gasteiger partial charge in [0.1, 0.15) is 6.61 Å². The summed E-state index contributed by atoms with van der Waals surface area (Å²) in [7, 11) is 0. The number of para-hydroxylation sites is 1. The molecule has 0 aliphatic carbocycles. The highest BCUT2D eigenvalue weighted by molar-refractivity contribution is 5.71. The quantitative estimate of drug-likeness (QED) is 0.372. The van der Waals surface area contributed by atoms with Gasteiger partial charge in [-0.05, 0) is 23.6 Å². The van der Waals surface area contributed by atoms with Crippen LogP contribution in [0.3, 0.4) is 0 Å². The summed E-state index contributed by atoms with van der Waals surface area (Å²) in [5.41, 5.74) is 4.80. The Morgan fingerprint density at radius 2 is 1.50 bits per heavy atom. The molecule has 0 saturated carbocycles. The van der Waals surface area contributed by atoms with Crippen molar-refractivity contribution in [1.82, 2.24) is 9.78 Å². The molecule has 4 aromatic rings. The Kier molecular flexibility index (Phi) is 6.04. The average molecular weight is 396 g/mol. The van der Waals surface area contributed by atoms with E-state index < -0.39 is 0 Å². The van der Waals surface area contributed by atoms with Crippen molar-refractivity contribution in [2.24, 2.45) is 0 Å². The summed E-state index contributed by atoms with van der Waals surface area (Å²) in [6.07, 6.45) is 2.28. The minimum absolute atomic E-state index is 0.110. The van der Waals surface area contributed by atoms with Gasteiger partial charge in [0.15, 0.2) is 0 Å². The van der Waals surface area contributed by atoms with Crippen LogP contribution in [0.5, 0.6) is 0 Å². The fraction of sp³-hybridized carbons (Fsp3) is 0.154. The summed E-state index contributed by atoms with van der Waals surface area (Å²) in [4.78, 5) is 12.5. The monoisotopic (exact) mass is 396 g/mol. The molecule has 0 aliphatic heterocycles. The molecule has 0 amide bonds. The van der Waals surface area contributed by atoms with Gasteiger partial charge >= 0.3 is 5.97 Å². The van der Waals surface area contributed by atoms with Gasteiger partial charge in [0.2, 0.25) is 0 Å². The van der Waals surface area contributed by atoms with Crippen molar-refractivity contribution in [1.29, 1.82) is 0 Å².